The molecule has 0 unspecified atom stereocenters. The van der Waals surface area contributed by atoms with Gasteiger partial charge in [-0.1, -0.05) is 96.7 Å². The number of aromatic nitrogens is 2. The van der Waals surface area contributed by atoms with E-state index in [2.05, 4.69) is 10.4 Å². The van der Waals surface area contributed by atoms with Crippen molar-refractivity contribution in [3.8, 4) is 0 Å². The van der Waals surface area contributed by atoms with Crippen LogP contribution >= 0.6 is 11.8 Å². The third-order valence-electron chi connectivity index (χ3n) is 6.38. The first-order valence-electron chi connectivity index (χ1n) is 12.4. The summed E-state index contributed by atoms with van der Waals surface area (Å²) in [5, 5.41) is 23.2. The minimum atomic E-state index is -2.17. The molecule has 0 saturated heterocycles. The van der Waals surface area contributed by atoms with Gasteiger partial charge in [0.15, 0.2) is 16.5 Å². The number of hydrogen-bond acceptors (Lipinski definition) is 8. The zero-order valence-corrected chi connectivity index (χ0v) is 22.2. The largest absolute Gasteiger partial charge is 0.372 e. The van der Waals surface area contributed by atoms with Gasteiger partial charge < -0.3 is 5.11 Å². The van der Waals surface area contributed by atoms with Gasteiger partial charge in [-0.15, -0.1) is 0 Å². The van der Waals surface area contributed by atoms with Crippen LogP contribution in [-0.4, -0.2) is 37.1 Å². The van der Waals surface area contributed by atoms with Gasteiger partial charge in [0.25, 0.3) is 17.2 Å². The molecule has 2 N–H and O–H groups in total. The number of amides is 1. The van der Waals surface area contributed by atoms with Gasteiger partial charge in [-0.25, -0.2) is 4.98 Å². The summed E-state index contributed by atoms with van der Waals surface area (Å²) in [6.07, 6.45) is 0. The molecule has 10 nitrogen and oxygen atoms in total. The van der Waals surface area contributed by atoms with E-state index in [0.717, 1.165) is 16.4 Å². The topological polar surface area (TPSA) is 144 Å². The predicted molar refractivity (Wildman–Crippen MR) is 154 cm³/mol. The van der Waals surface area contributed by atoms with Gasteiger partial charge in [-0.05, 0) is 23.3 Å². The maximum absolute atomic E-state index is 13.8. The second-order valence-corrected chi connectivity index (χ2v) is 9.90. The van der Waals surface area contributed by atoms with Gasteiger partial charge in [0.2, 0.25) is 0 Å². The van der Waals surface area contributed by atoms with Crippen LogP contribution in [0.5, 0.6) is 0 Å². The number of ketones is 1. The van der Waals surface area contributed by atoms with Crippen LogP contribution in [0.15, 0.2) is 119 Å². The van der Waals surface area contributed by atoms with Gasteiger partial charge in [0.05, 0.1) is 21.6 Å². The molecule has 11 heteroatoms. The van der Waals surface area contributed by atoms with Crippen molar-refractivity contribution in [1.82, 2.24) is 9.66 Å². The molecule has 0 bridgehead atoms. The smallest absolute Gasteiger partial charge is 0.281 e. The highest BCUT2D eigenvalue weighted by Crippen LogP contribution is 2.30. The average Bonchev–Trinajstić information content (AvgIpc) is 3.01. The Balaban J connectivity index is 1.54. The maximum Gasteiger partial charge on any atom is 0.281 e. The Labute approximate surface area is 237 Å². The van der Waals surface area contributed by atoms with Gasteiger partial charge in [-0.2, -0.15) is 4.68 Å². The number of para-hydroxylation sites is 1. The Bertz CT molecular complexity index is 1790. The third-order valence-corrected chi connectivity index (χ3v) is 7.32. The lowest BCUT2D eigenvalue weighted by Gasteiger charge is -2.28. The van der Waals surface area contributed by atoms with Gasteiger partial charge in [-0.3, -0.25) is 29.9 Å². The number of thioether (sulfide) groups is 1. The summed E-state index contributed by atoms with van der Waals surface area (Å²) in [7, 11) is 0. The summed E-state index contributed by atoms with van der Waals surface area (Å²) in [5.41, 5.74) is 0.532. The lowest BCUT2D eigenvalue weighted by atomic mass is 9.85. The molecule has 1 aromatic heterocycles. The minimum absolute atomic E-state index is 0.00990. The minimum Gasteiger partial charge on any atom is -0.372 e. The Kier molecular flexibility index (Phi) is 7.72. The van der Waals surface area contributed by atoms with Crippen molar-refractivity contribution >= 4 is 40.0 Å². The standard InChI is InChI=1S/C30H22N4O6S/c35-26(20-10-9-15-23(18-20)34(39)40)19-41-29-31-25-17-8-7-16-24(25)27(36)33(29)32-28(37)30(38,21-11-3-1-4-12-21)22-13-5-2-6-14-22/h1-18,38H,19H2,(H,32,37). The number of Topliss-reactive ketones (excluding diaryl/α,β-unsaturated/α-hetero) is 1. The molecule has 4 aromatic carbocycles. The number of rotatable bonds is 9. The molecule has 0 aliphatic rings. The first-order chi connectivity index (χ1) is 19.8. The van der Waals surface area contributed by atoms with Crippen LogP contribution in [0.25, 0.3) is 10.9 Å². The van der Waals surface area contributed by atoms with E-state index in [4.69, 9.17) is 0 Å². The molecule has 0 radical (unpaired) electrons. The normalized spacial score (nSPS) is 11.2. The average molecular weight is 567 g/mol. The molecule has 5 aromatic rings. The van der Waals surface area contributed by atoms with Gasteiger partial charge >= 0.3 is 0 Å². The molecule has 0 aliphatic heterocycles. The van der Waals surface area contributed by atoms with Crippen LogP contribution in [0.2, 0.25) is 0 Å². The van der Waals surface area contributed by atoms with E-state index < -0.39 is 27.8 Å². The molecule has 41 heavy (non-hydrogen) atoms. The molecule has 0 atom stereocenters. The molecular formula is C30H22N4O6S. The van der Waals surface area contributed by atoms with Crippen molar-refractivity contribution in [2.45, 2.75) is 10.8 Å². The van der Waals surface area contributed by atoms with Crippen molar-refractivity contribution in [2.75, 3.05) is 11.2 Å². The maximum atomic E-state index is 13.8. The third kappa shape index (κ3) is 5.49. The van der Waals surface area contributed by atoms with E-state index in [1.807, 2.05) is 0 Å². The number of fused-ring (bicyclic) bond motifs is 1. The molecule has 0 spiro atoms. The van der Waals surface area contributed by atoms with Gasteiger partial charge in [0.1, 0.15) is 0 Å². The number of nitrogens with zero attached hydrogens (tertiary/aromatic N) is 3. The molecule has 1 amide bonds. The number of carbonyl (C=O) groups is 2. The number of aliphatic hydroxyl groups is 1. The number of nitrogens with one attached hydrogen (secondary N) is 1. The quantitative estimate of drug-likeness (QED) is 0.0884. The molecule has 0 aliphatic carbocycles. The molecule has 0 saturated carbocycles. The lowest BCUT2D eigenvalue weighted by molar-refractivity contribution is -0.384. The Hall–Kier alpha value is -5.13. The second kappa shape index (κ2) is 11.5. The summed E-state index contributed by atoms with van der Waals surface area (Å²) in [5.74, 6) is -1.59. The first-order valence-corrected chi connectivity index (χ1v) is 13.3. The molecule has 204 valence electrons. The van der Waals surface area contributed by atoms with Crippen LogP contribution in [-0.2, 0) is 10.4 Å². The molecule has 0 fully saturated rings. The molecule has 5 rings (SSSR count). The Morgan fingerprint density at radius 3 is 2.15 bits per heavy atom. The van der Waals surface area contributed by atoms with Crippen LogP contribution in [0.3, 0.4) is 0 Å². The van der Waals surface area contributed by atoms with Gasteiger partial charge in [0, 0.05) is 17.7 Å². The zero-order chi connectivity index (χ0) is 29.0. The van der Waals surface area contributed by atoms with Crippen LogP contribution in [0.1, 0.15) is 21.5 Å². The number of nitro benzene ring substituents is 1. The van der Waals surface area contributed by atoms with E-state index >= 15 is 0 Å². The van der Waals surface area contributed by atoms with Crippen LogP contribution in [0, 0.1) is 10.1 Å². The van der Waals surface area contributed by atoms with E-state index in [0.29, 0.717) is 5.52 Å². The van der Waals surface area contributed by atoms with Crippen LogP contribution in [0.4, 0.5) is 5.69 Å². The SMILES string of the molecule is O=C(CSc1nc2ccccc2c(=O)n1NC(=O)C(O)(c1ccccc1)c1ccccc1)c1cccc([N+](=O)[O-])c1. The Morgan fingerprint density at radius 2 is 1.51 bits per heavy atom. The number of non-ortho nitro benzene ring substituents is 1. The van der Waals surface area contributed by atoms with E-state index in [9.17, 15) is 29.6 Å². The van der Waals surface area contributed by atoms with Crippen molar-refractivity contribution in [3.63, 3.8) is 0 Å². The zero-order valence-electron chi connectivity index (χ0n) is 21.3. The second-order valence-electron chi connectivity index (χ2n) is 8.95. The van der Waals surface area contributed by atoms with Crippen molar-refractivity contribution in [2.24, 2.45) is 0 Å². The summed E-state index contributed by atoms with van der Waals surface area (Å²) in [4.78, 5) is 55.4. The van der Waals surface area contributed by atoms with Crippen molar-refractivity contribution < 1.29 is 19.6 Å². The van der Waals surface area contributed by atoms with E-state index in [1.54, 1.807) is 84.9 Å². The summed E-state index contributed by atoms with van der Waals surface area (Å²) < 4.78 is 0.910. The summed E-state index contributed by atoms with van der Waals surface area (Å²) in [6.45, 7) is 0. The van der Waals surface area contributed by atoms with Crippen LogP contribution < -0.4 is 11.0 Å². The number of benzene rings is 4. The fourth-order valence-corrected chi connectivity index (χ4v) is 5.13. The summed E-state index contributed by atoms with van der Waals surface area (Å²) >= 11 is 0.874. The van der Waals surface area contributed by atoms with E-state index in [-0.39, 0.29) is 38.7 Å². The van der Waals surface area contributed by atoms with E-state index in [1.165, 1.54) is 24.3 Å². The highest BCUT2D eigenvalue weighted by atomic mass is 32.2. The lowest BCUT2D eigenvalue weighted by Crippen LogP contribution is -2.47. The first kappa shape index (κ1) is 27.4. The summed E-state index contributed by atoms with van der Waals surface area (Å²) in [6, 6.07) is 28.5. The fraction of sp³-hybridized carbons (Fsp3) is 0.0667. The van der Waals surface area contributed by atoms with Crippen molar-refractivity contribution in [3.05, 3.63) is 146 Å². The molecule has 1 heterocycles. The fourth-order valence-electron chi connectivity index (χ4n) is 4.28. The Morgan fingerprint density at radius 1 is 0.902 bits per heavy atom. The monoisotopic (exact) mass is 566 g/mol. The predicted octanol–water partition coefficient (Wildman–Crippen LogP) is 4.29. The highest BCUT2D eigenvalue weighted by Gasteiger charge is 2.40. The number of hydrogen-bond donors (Lipinski definition) is 2. The highest BCUT2D eigenvalue weighted by molar-refractivity contribution is 7.99. The number of carbonyl (C=O) groups excluding carboxylic acids is 2. The van der Waals surface area contributed by atoms with Crippen molar-refractivity contribution in [1.29, 1.82) is 0 Å². The molecular weight excluding hydrogens is 544 g/mol. The number of nitro groups is 1.